The molecule has 1 unspecified atom stereocenters. The molecule has 0 aromatic heterocycles. The van der Waals surface area contributed by atoms with E-state index in [1.54, 1.807) is 44.4 Å². The maximum Gasteiger partial charge on any atom is 0.238 e. The van der Waals surface area contributed by atoms with Gasteiger partial charge in [0.25, 0.3) is 0 Å². The van der Waals surface area contributed by atoms with Crippen molar-refractivity contribution in [2.45, 2.75) is 30.7 Å². The number of primary sulfonamides is 1. The maximum atomic E-state index is 12.6. The van der Waals surface area contributed by atoms with Crippen molar-refractivity contribution in [3.05, 3.63) is 53.6 Å². The maximum absolute atomic E-state index is 12.6. The summed E-state index contributed by atoms with van der Waals surface area (Å²) in [5.74, 6) is 1.33. The molecule has 0 heterocycles. The fraction of sp³-hybridized carbons (Fsp3) is 0.350. The highest BCUT2D eigenvalue weighted by Crippen LogP contribution is 2.25. The number of carbonyl (C=O) groups is 1. The van der Waals surface area contributed by atoms with E-state index in [4.69, 9.17) is 14.6 Å². The Hall–Kier alpha value is -2.58. The second-order valence-corrected chi connectivity index (χ2v) is 8.08. The summed E-state index contributed by atoms with van der Waals surface area (Å²) in [4.78, 5) is 14.3. The van der Waals surface area contributed by atoms with Crippen molar-refractivity contribution in [1.29, 1.82) is 0 Å². The van der Waals surface area contributed by atoms with Gasteiger partial charge >= 0.3 is 0 Å². The lowest BCUT2D eigenvalue weighted by Gasteiger charge is -2.25. The molecular formula is C20H26N2O5S. The van der Waals surface area contributed by atoms with Crippen molar-refractivity contribution >= 4 is 15.9 Å². The molecule has 2 aromatic rings. The number of benzene rings is 2. The molecule has 2 aromatic carbocycles. The topological polar surface area (TPSA) is 98.9 Å². The molecule has 0 aliphatic carbocycles. The number of amides is 1. The molecule has 28 heavy (non-hydrogen) atoms. The average molecular weight is 407 g/mol. The third-order valence-corrected chi connectivity index (χ3v) is 5.63. The predicted molar refractivity (Wildman–Crippen MR) is 107 cm³/mol. The number of nitrogens with two attached hydrogens (primary N) is 1. The number of sulfonamides is 1. The zero-order chi connectivity index (χ0) is 20.9. The van der Waals surface area contributed by atoms with E-state index >= 15 is 0 Å². The number of hydrogen-bond donors (Lipinski definition) is 1. The van der Waals surface area contributed by atoms with Crippen LogP contribution in [0.5, 0.6) is 11.5 Å². The van der Waals surface area contributed by atoms with Gasteiger partial charge in [-0.05, 0) is 48.7 Å². The van der Waals surface area contributed by atoms with Gasteiger partial charge in [-0.2, -0.15) is 0 Å². The van der Waals surface area contributed by atoms with Gasteiger partial charge in [0.1, 0.15) is 11.5 Å². The van der Waals surface area contributed by atoms with E-state index in [0.717, 1.165) is 11.1 Å². The number of methoxy groups -OCH3 is 2. The molecule has 1 amide bonds. The zero-order valence-electron chi connectivity index (χ0n) is 16.5. The van der Waals surface area contributed by atoms with Crippen molar-refractivity contribution in [3.8, 4) is 11.5 Å². The normalized spacial score (nSPS) is 12.3. The molecule has 0 saturated carbocycles. The highest BCUT2D eigenvalue weighted by molar-refractivity contribution is 7.89. The third-order valence-electron chi connectivity index (χ3n) is 4.70. The first-order chi connectivity index (χ1) is 13.2. The summed E-state index contributed by atoms with van der Waals surface area (Å²) >= 11 is 0. The van der Waals surface area contributed by atoms with Gasteiger partial charge < -0.3 is 14.4 Å². The SMILES string of the molecule is COc1cc(CCC(=O)N(C)C(C)c2ccc(S(N)(=O)=O)cc2)cc(OC)c1. The number of nitrogens with zero attached hydrogens (tertiary/aromatic N) is 1. The second kappa shape index (κ2) is 9.07. The number of aryl methyl sites for hydroxylation is 1. The second-order valence-electron chi connectivity index (χ2n) is 6.52. The van der Waals surface area contributed by atoms with Crippen molar-refractivity contribution in [2.24, 2.45) is 5.14 Å². The van der Waals surface area contributed by atoms with Crippen LogP contribution in [0.3, 0.4) is 0 Å². The van der Waals surface area contributed by atoms with Crippen LogP contribution in [0.25, 0.3) is 0 Å². The summed E-state index contributed by atoms with van der Waals surface area (Å²) in [7, 11) is 1.16. The molecule has 2 rings (SSSR count). The summed E-state index contributed by atoms with van der Waals surface area (Å²) in [5.41, 5.74) is 1.77. The lowest BCUT2D eigenvalue weighted by Crippen LogP contribution is -2.29. The van der Waals surface area contributed by atoms with E-state index in [0.29, 0.717) is 24.3 Å². The van der Waals surface area contributed by atoms with Crippen molar-refractivity contribution in [2.75, 3.05) is 21.3 Å². The van der Waals surface area contributed by atoms with Gasteiger partial charge in [-0.1, -0.05) is 12.1 Å². The van der Waals surface area contributed by atoms with Crippen molar-refractivity contribution < 1.29 is 22.7 Å². The zero-order valence-corrected chi connectivity index (χ0v) is 17.3. The Labute approximate surface area is 166 Å². The van der Waals surface area contributed by atoms with Gasteiger partial charge in [-0.3, -0.25) is 4.79 Å². The summed E-state index contributed by atoms with van der Waals surface area (Å²) < 4.78 is 33.2. The monoisotopic (exact) mass is 406 g/mol. The molecule has 0 aliphatic rings. The van der Waals surface area contributed by atoms with Gasteiger partial charge in [0.05, 0.1) is 25.2 Å². The fourth-order valence-electron chi connectivity index (χ4n) is 2.81. The first-order valence-electron chi connectivity index (χ1n) is 8.76. The van der Waals surface area contributed by atoms with Gasteiger partial charge in [0.15, 0.2) is 0 Å². The molecule has 2 N–H and O–H groups in total. The summed E-state index contributed by atoms with van der Waals surface area (Å²) in [5, 5.41) is 5.12. The van der Waals surface area contributed by atoms with Crippen LogP contribution in [0.2, 0.25) is 0 Å². The van der Waals surface area contributed by atoms with Gasteiger partial charge in [-0.25, -0.2) is 13.6 Å². The van der Waals surface area contributed by atoms with Crippen LogP contribution in [0, 0.1) is 0 Å². The summed E-state index contributed by atoms with van der Waals surface area (Å²) in [6.07, 6.45) is 0.875. The molecule has 0 fully saturated rings. The van der Waals surface area contributed by atoms with Crippen LogP contribution in [0.15, 0.2) is 47.4 Å². The first kappa shape index (κ1) is 21.7. The minimum absolute atomic E-state index is 0.0233. The molecule has 0 radical (unpaired) electrons. The minimum atomic E-state index is -3.73. The van der Waals surface area contributed by atoms with Crippen LogP contribution in [-0.2, 0) is 21.2 Å². The largest absolute Gasteiger partial charge is 0.497 e. The Morgan fingerprint density at radius 3 is 2.07 bits per heavy atom. The van der Waals surface area contributed by atoms with E-state index in [-0.39, 0.29) is 16.8 Å². The van der Waals surface area contributed by atoms with Crippen molar-refractivity contribution in [1.82, 2.24) is 4.90 Å². The first-order valence-corrected chi connectivity index (χ1v) is 10.3. The van der Waals surface area contributed by atoms with E-state index in [9.17, 15) is 13.2 Å². The quantitative estimate of drug-likeness (QED) is 0.726. The van der Waals surface area contributed by atoms with E-state index in [1.165, 1.54) is 12.1 Å². The molecule has 0 spiro atoms. The lowest BCUT2D eigenvalue weighted by molar-refractivity contribution is -0.131. The van der Waals surface area contributed by atoms with Gasteiger partial charge in [0, 0.05) is 19.5 Å². The van der Waals surface area contributed by atoms with E-state index in [2.05, 4.69) is 0 Å². The molecule has 0 aliphatic heterocycles. The van der Waals surface area contributed by atoms with Gasteiger partial charge in [-0.15, -0.1) is 0 Å². The smallest absolute Gasteiger partial charge is 0.238 e. The van der Waals surface area contributed by atoms with Crippen molar-refractivity contribution in [3.63, 3.8) is 0 Å². The Bertz CT molecular complexity index is 904. The number of rotatable bonds is 8. The Morgan fingerprint density at radius 1 is 1.07 bits per heavy atom. The molecule has 7 nitrogen and oxygen atoms in total. The van der Waals surface area contributed by atoms with E-state index < -0.39 is 10.0 Å². The number of hydrogen-bond acceptors (Lipinski definition) is 5. The Kier molecular flexibility index (Phi) is 7.04. The molecule has 1 atom stereocenters. The standard InChI is InChI=1S/C20H26N2O5S/c1-14(16-6-8-19(9-7-16)28(21,24)25)22(2)20(23)10-5-15-11-17(26-3)13-18(12-15)27-4/h6-9,11-14H,5,10H2,1-4H3,(H2,21,24,25). The third kappa shape index (κ3) is 5.46. The van der Waals surface area contributed by atoms with Gasteiger partial charge in [0.2, 0.25) is 15.9 Å². The highest BCUT2D eigenvalue weighted by atomic mass is 32.2. The predicted octanol–water partition coefficient (Wildman–Crippen LogP) is 2.50. The van der Waals surface area contributed by atoms with E-state index in [1.807, 2.05) is 19.1 Å². The Balaban J connectivity index is 2.04. The lowest BCUT2D eigenvalue weighted by atomic mass is 10.1. The molecule has 0 bridgehead atoms. The highest BCUT2D eigenvalue weighted by Gasteiger charge is 2.18. The minimum Gasteiger partial charge on any atom is -0.497 e. The molecule has 152 valence electrons. The fourth-order valence-corrected chi connectivity index (χ4v) is 3.33. The summed E-state index contributed by atoms with van der Waals surface area (Å²) in [6.45, 7) is 1.89. The summed E-state index contributed by atoms with van der Waals surface area (Å²) in [6, 6.07) is 11.6. The Morgan fingerprint density at radius 2 is 1.61 bits per heavy atom. The molecular weight excluding hydrogens is 380 g/mol. The average Bonchev–Trinajstić information content (AvgIpc) is 2.69. The van der Waals surface area contributed by atoms with Crippen LogP contribution in [0.1, 0.15) is 30.5 Å². The van der Waals surface area contributed by atoms with Crippen LogP contribution in [0.4, 0.5) is 0 Å². The van der Waals surface area contributed by atoms with Crippen LogP contribution in [-0.4, -0.2) is 40.5 Å². The van der Waals surface area contributed by atoms with Crippen LogP contribution < -0.4 is 14.6 Å². The van der Waals surface area contributed by atoms with Crippen LogP contribution >= 0.6 is 0 Å². The number of carbonyl (C=O) groups excluding carboxylic acids is 1. The molecule has 0 saturated heterocycles. The number of ether oxygens (including phenoxy) is 2. The molecule has 8 heteroatoms.